The Morgan fingerprint density at radius 2 is 1.88 bits per heavy atom. The van der Waals surface area contributed by atoms with Gasteiger partial charge in [-0.3, -0.25) is 9.52 Å². The first kappa shape index (κ1) is 20.3. The van der Waals surface area contributed by atoms with Gasteiger partial charge in [-0.05, 0) is 31.5 Å². The van der Waals surface area contributed by atoms with Crippen LogP contribution in [-0.4, -0.2) is 39.7 Å². The second kappa shape index (κ2) is 7.90. The summed E-state index contributed by atoms with van der Waals surface area (Å²) in [7, 11) is -7.98. The maximum atomic E-state index is 14.0. The molecule has 24 heavy (non-hydrogen) atoms. The molecule has 0 fully saturated rings. The molecule has 0 aliphatic rings. The molecule has 8 nitrogen and oxygen atoms in total. The van der Waals surface area contributed by atoms with Gasteiger partial charge >= 0.3 is 5.97 Å². The number of nitrogens with one attached hydrogen (secondary N) is 2. The molecule has 1 unspecified atom stereocenters. The molecule has 0 radical (unpaired) electrons. The van der Waals surface area contributed by atoms with E-state index in [1.165, 1.54) is 6.92 Å². The highest BCUT2D eigenvalue weighted by Gasteiger charge is 2.25. The highest BCUT2D eigenvalue weighted by Crippen LogP contribution is 2.20. The second-order valence-electron chi connectivity index (χ2n) is 4.95. The number of rotatable bonds is 9. The summed E-state index contributed by atoms with van der Waals surface area (Å²) in [6, 6.07) is 1.25. The van der Waals surface area contributed by atoms with Crippen LogP contribution in [0.1, 0.15) is 26.7 Å². The van der Waals surface area contributed by atoms with Crippen molar-refractivity contribution in [3.05, 3.63) is 24.0 Å². The van der Waals surface area contributed by atoms with Gasteiger partial charge in [-0.1, -0.05) is 13.3 Å². The molecular weight excluding hydrogens is 363 g/mol. The Hall–Kier alpha value is -1.72. The predicted molar refractivity (Wildman–Crippen MR) is 86.1 cm³/mol. The Kier molecular flexibility index (Phi) is 6.69. The van der Waals surface area contributed by atoms with Crippen LogP contribution in [0.4, 0.5) is 10.1 Å². The predicted octanol–water partition coefficient (Wildman–Crippen LogP) is 1.12. The Morgan fingerprint density at radius 3 is 2.33 bits per heavy atom. The van der Waals surface area contributed by atoms with Crippen molar-refractivity contribution in [2.45, 2.75) is 37.6 Å². The van der Waals surface area contributed by atoms with Crippen LogP contribution in [0.25, 0.3) is 0 Å². The van der Waals surface area contributed by atoms with E-state index in [0.29, 0.717) is 12.5 Å². The van der Waals surface area contributed by atoms with Gasteiger partial charge in [0.2, 0.25) is 20.0 Å². The largest absolute Gasteiger partial charge is 0.480 e. The zero-order chi connectivity index (χ0) is 18.5. The number of hydrogen-bond acceptors (Lipinski definition) is 5. The Bertz CT molecular complexity index is 808. The second-order valence-corrected chi connectivity index (χ2v) is 8.67. The lowest BCUT2D eigenvalue weighted by atomic mass is 10.2. The van der Waals surface area contributed by atoms with Gasteiger partial charge < -0.3 is 5.11 Å². The minimum Gasteiger partial charge on any atom is -0.480 e. The molecule has 0 saturated heterocycles. The van der Waals surface area contributed by atoms with E-state index in [4.69, 9.17) is 5.11 Å². The zero-order valence-corrected chi connectivity index (χ0v) is 14.7. The van der Waals surface area contributed by atoms with Crippen LogP contribution in [0.15, 0.2) is 23.1 Å². The van der Waals surface area contributed by atoms with Crippen molar-refractivity contribution in [1.82, 2.24) is 4.72 Å². The van der Waals surface area contributed by atoms with Crippen molar-refractivity contribution in [3.63, 3.8) is 0 Å². The molecule has 1 aromatic carbocycles. The highest BCUT2D eigenvalue weighted by molar-refractivity contribution is 7.92. The normalized spacial score (nSPS) is 13.5. The molecule has 0 bridgehead atoms. The fraction of sp³-hybridized carbons (Fsp3) is 0.462. The fourth-order valence-electron chi connectivity index (χ4n) is 1.76. The van der Waals surface area contributed by atoms with Gasteiger partial charge in [0.1, 0.15) is 11.9 Å². The number of hydrogen-bond donors (Lipinski definition) is 3. The van der Waals surface area contributed by atoms with E-state index < -0.39 is 42.8 Å². The summed E-state index contributed by atoms with van der Waals surface area (Å²) in [5.41, 5.74) is -0.390. The van der Waals surface area contributed by atoms with Crippen molar-refractivity contribution >= 4 is 31.7 Å². The van der Waals surface area contributed by atoms with Gasteiger partial charge in [-0.2, -0.15) is 4.72 Å². The molecule has 0 saturated carbocycles. The molecule has 3 N–H and O–H groups in total. The van der Waals surface area contributed by atoms with E-state index in [2.05, 4.69) is 0 Å². The van der Waals surface area contributed by atoms with Crippen LogP contribution in [0.5, 0.6) is 0 Å². The standard InChI is InChI=1S/C13H19FN2O6S2/c1-3-5-12(13(17)18)16-24(21,22)9-6-7-11(10(14)8-9)15-23(19,20)4-2/h6-8,12,15-16H,3-5H2,1-2H3,(H,17,18). The number of benzene rings is 1. The van der Waals surface area contributed by atoms with Crippen LogP contribution in [0.3, 0.4) is 0 Å². The van der Waals surface area contributed by atoms with Crippen molar-refractivity contribution < 1.29 is 31.1 Å². The first-order valence-electron chi connectivity index (χ1n) is 7.07. The third-order valence-corrected chi connectivity index (χ3v) is 5.83. The van der Waals surface area contributed by atoms with Gasteiger partial charge in [0.25, 0.3) is 0 Å². The maximum absolute atomic E-state index is 14.0. The number of carboxylic acid groups (broad SMARTS) is 1. The summed E-state index contributed by atoms with van der Waals surface area (Å²) in [6.45, 7) is 3.06. The van der Waals surface area contributed by atoms with Crippen LogP contribution < -0.4 is 9.44 Å². The molecule has 0 aliphatic heterocycles. The first-order valence-corrected chi connectivity index (χ1v) is 10.2. The monoisotopic (exact) mass is 382 g/mol. The molecule has 0 aliphatic carbocycles. The van der Waals surface area contributed by atoms with E-state index in [0.717, 1.165) is 12.1 Å². The van der Waals surface area contributed by atoms with Crippen molar-refractivity contribution in [2.75, 3.05) is 10.5 Å². The third-order valence-electron chi connectivity index (χ3n) is 3.07. The summed E-state index contributed by atoms with van der Waals surface area (Å²) in [5, 5.41) is 8.99. The molecular formula is C13H19FN2O6S2. The summed E-state index contributed by atoms with van der Waals surface area (Å²) >= 11 is 0. The van der Waals surface area contributed by atoms with Crippen molar-refractivity contribution in [3.8, 4) is 0 Å². The van der Waals surface area contributed by atoms with Crippen LogP contribution in [0, 0.1) is 5.82 Å². The third kappa shape index (κ3) is 5.42. The Morgan fingerprint density at radius 1 is 1.25 bits per heavy atom. The minimum absolute atomic E-state index is 0.0748. The highest BCUT2D eigenvalue weighted by atomic mass is 32.2. The number of carboxylic acids is 1. The minimum atomic E-state index is -4.26. The van der Waals surface area contributed by atoms with E-state index in [1.807, 2.05) is 9.44 Å². The quantitative estimate of drug-likeness (QED) is 0.587. The fourth-order valence-corrected chi connectivity index (χ4v) is 3.64. The van der Waals surface area contributed by atoms with E-state index >= 15 is 0 Å². The maximum Gasteiger partial charge on any atom is 0.321 e. The summed E-state index contributed by atoms with van der Waals surface area (Å²) in [5.74, 6) is -2.70. The molecule has 0 heterocycles. The molecule has 1 rings (SSSR count). The summed E-state index contributed by atoms with van der Waals surface area (Å²) in [4.78, 5) is 10.5. The first-order chi connectivity index (χ1) is 11.0. The molecule has 11 heteroatoms. The molecule has 1 atom stereocenters. The van der Waals surface area contributed by atoms with Crippen LogP contribution in [-0.2, 0) is 24.8 Å². The molecule has 136 valence electrons. The molecule has 0 aromatic heterocycles. The topological polar surface area (TPSA) is 130 Å². The van der Waals surface area contributed by atoms with Gasteiger partial charge in [0.15, 0.2) is 0 Å². The summed E-state index contributed by atoms with van der Waals surface area (Å²) in [6.07, 6.45) is 0.511. The number of sulfonamides is 2. The van der Waals surface area contributed by atoms with E-state index in [1.54, 1.807) is 6.92 Å². The lowest BCUT2D eigenvalue weighted by molar-refractivity contribution is -0.139. The zero-order valence-electron chi connectivity index (χ0n) is 13.1. The van der Waals surface area contributed by atoms with Crippen molar-refractivity contribution in [2.24, 2.45) is 0 Å². The Labute approximate surface area is 140 Å². The Balaban J connectivity index is 3.10. The average Bonchev–Trinajstić information content (AvgIpc) is 2.48. The number of anilines is 1. The number of aliphatic carboxylic acids is 1. The van der Waals surface area contributed by atoms with Gasteiger partial charge in [0, 0.05) is 0 Å². The van der Waals surface area contributed by atoms with E-state index in [9.17, 15) is 26.0 Å². The van der Waals surface area contributed by atoms with Gasteiger partial charge in [-0.15, -0.1) is 0 Å². The molecule has 0 amide bonds. The SMILES string of the molecule is CCCC(NS(=O)(=O)c1ccc(NS(=O)(=O)CC)c(F)c1)C(=O)O. The van der Waals surface area contributed by atoms with Crippen LogP contribution >= 0.6 is 0 Å². The lowest BCUT2D eigenvalue weighted by Gasteiger charge is -2.14. The number of carbonyl (C=O) groups is 1. The average molecular weight is 382 g/mol. The lowest BCUT2D eigenvalue weighted by Crippen LogP contribution is -2.40. The van der Waals surface area contributed by atoms with Crippen molar-refractivity contribution in [1.29, 1.82) is 0 Å². The summed E-state index contributed by atoms with van der Waals surface area (Å²) < 4.78 is 65.1. The van der Waals surface area contributed by atoms with E-state index in [-0.39, 0.29) is 17.9 Å². The van der Waals surface area contributed by atoms with Crippen LogP contribution in [0.2, 0.25) is 0 Å². The smallest absolute Gasteiger partial charge is 0.321 e. The van der Waals surface area contributed by atoms with Gasteiger partial charge in [-0.25, -0.2) is 21.2 Å². The molecule has 0 spiro atoms. The van der Waals surface area contributed by atoms with Gasteiger partial charge in [0.05, 0.1) is 16.3 Å². The molecule has 1 aromatic rings. The number of halogens is 1.